The minimum atomic E-state index is 0. The number of rotatable bonds is 4. The molecule has 2 aliphatic heterocycles. The Bertz CT molecular complexity index is 505. The van der Waals surface area contributed by atoms with E-state index in [1.807, 2.05) is 4.90 Å². The summed E-state index contributed by atoms with van der Waals surface area (Å²) >= 11 is 1.68. The molecular weight excluding hydrogens is 344 g/mol. The largest absolute Gasteiger partial charge is 0.367 e. The summed E-state index contributed by atoms with van der Waals surface area (Å²) in [7, 11) is 0. The summed E-state index contributed by atoms with van der Waals surface area (Å²) in [6.07, 6.45) is 3.21. The Morgan fingerprint density at radius 1 is 1.42 bits per heavy atom. The lowest BCUT2D eigenvalue weighted by Gasteiger charge is -2.38. The zero-order valence-corrected chi connectivity index (χ0v) is 16.2. The van der Waals surface area contributed by atoms with E-state index in [0.29, 0.717) is 30.7 Å². The summed E-state index contributed by atoms with van der Waals surface area (Å²) in [5.41, 5.74) is 1.20. The Morgan fingerprint density at radius 2 is 2.17 bits per heavy atom. The molecule has 0 spiro atoms. The fraction of sp³-hybridized carbons (Fsp3) is 0.722. The van der Waals surface area contributed by atoms with Crippen molar-refractivity contribution in [2.24, 2.45) is 11.8 Å². The third-order valence-corrected chi connectivity index (χ3v) is 5.91. The number of nitrogens with one attached hydrogen (secondary N) is 1. The first-order chi connectivity index (χ1) is 11.1. The van der Waals surface area contributed by atoms with Crippen LogP contribution in [0.2, 0.25) is 0 Å². The van der Waals surface area contributed by atoms with Crippen molar-refractivity contribution in [3.8, 4) is 0 Å². The standard InChI is InChI=1S/C18H28N2O2S.ClH/c1-13(15-3-6-19-7-4-15)9-18(21)20-10-14(2)22-17(11-20)16-5-8-23-12-16;/h5,8,12-15,17,19H,3-4,6-7,9-11H2,1-2H3;1H. The number of halogens is 1. The Hall–Kier alpha value is -0.620. The first kappa shape index (κ1) is 19.7. The second kappa shape index (κ2) is 9.18. The van der Waals surface area contributed by atoms with E-state index in [0.717, 1.165) is 19.6 Å². The fourth-order valence-electron chi connectivity index (χ4n) is 3.78. The number of thiophene rings is 1. The number of carbonyl (C=O) groups excluding carboxylic acids is 1. The van der Waals surface area contributed by atoms with E-state index in [1.54, 1.807) is 11.3 Å². The van der Waals surface area contributed by atoms with E-state index in [-0.39, 0.29) is 24.6 Å². The highest BCUT2D eigenvalue weighted by atomic mass is 35.5. The number of nitrogens with zero attached hydrogens (tertiary/aromatic N) is 1. The molecule has 1 N–H and O–H groups in total. The average Bonchev–Trinajstić information content (AvgIpc) is 3.09. The molecule has 24 heavy (non-hydrogen) atoms. The molecule has 3 atom stereocenters. The monoisotopic (exact) mass is 372 g/mol. The van der Waals surface area contributed by atoms with Gasteiger partial charge in [0, 0.05) is 13.0 Å². The van der Waals surface area contributed by atoms with E-state index < -0.39 is 0 Å². The summed E-state index contributed by atoms with van der Waals surface area (Å²) in [6.45, 7) is 7.91. The van der Waals surface area contributed by atoms with Crippen LogP contribution in [0.3, 0.4) is 0 Å². The number of hydrogen-bond acceptors (Lipinski definition) is 4. The Balaban J connectivity index is 0.00000208. The van der Waals surface area contributed by atoms with Gasteiger partial charge in [0.1, 0.15) is 6.10 Å². The second-order valence-electron chi connectivity index (χ2n) is 7.06. The lowest BCUT2D eigenvalue weighted by Crippen LogP contribution is -2.46. The predicted molar refractivity (Wildman–Crippen MR) is 101 cm³/mol. The average molecular weight is 373 g/mol. The molecule has 4 nitrogen and oxygen atoms in total. The highest BCUT2D eigenvalue weighted by Gasteiger charge is 2.31. The van der Waals surface area contributed by atoms with Crippen LogP contribution in [0.4, 0.5) is 0 Å². The number of ether oxygens (including phenoxy) is 1. The van der Waals surface area contributed by atoms with Gasteiger partial charge in [0.15, 0.2) is 0 Å². The smallest absolute Gasteiger partial charge is 0.223 e. The fourth-order valence-corrected chi connectivity index (χ4v) is 4.48. The number of hydrogen-bond donors (Lipinski definition) is 1. The summed E-state index contributed by atoms with van der Waals surface area (Å²) in [5.74, 6) is 1.46. The molecule has 3 heterocycles. The molecule has 2 fully saturated rings. The number of piperidine rings is 1. The first-order valence-electron chi connectivity index (χ1n) is 8.79. The summed E-state index contributed by atoms with van der Waals surface area (Å²) in [6, 6.07) is 2.10. The minimum absolute atomic E-state index is 0. The molecule has 0 radical (unpaired) electrons. The van der Waals surface area contributed by atoms with Gasteiger partial charge in [-0.25, -0.2) is 0 Å². The van der Waals surface area contributed by atoms with Crippen molar-refractivity contribution in [2.75, 3.05) is 26.2 Å². The van der Waals surface area contributed by atoms with Crippen LogP contribution in [0.25, 0.3) is 0 Å². The van der Waals surface area contributed by atoms with Gasteiger partial charge in [-0.05, 0) is 67.1 Å². The van der Waals surface area contributed by atoms with Crippen LogP contribution in [-0.4, -0.2) is 43.1 Å². The third kappa shape index (κ3) is 4.94. The van der Waals surface area contributed by atoms with Gasteiger partial charge in [0.2, 0.25) is 5.91 Å². The molecule has 0 aromatic carbocycles. The summed E-state index contributed by atoms with van der Waals surface area (Å²) in [4.78, 5) is 14.8. The number of carbonyl (C=O) groups is 1. The summed E-state index contributed by atoms with van der Waals surface area (Å²) in [5, 5.41) is 7.60. The van der Waals surface area contributed by atoms with Gasteiger partial charge < -0.3 is 15.0 Å². The molecule has 2 saturated heterocycles. The second-order valence-corrected chi connectivity index (χ2v) is 7.84. The van der Waals surface area contributed by atoms with Gasteiger partial charge in [0.05, 0.1) is 12.6 Å². The maximum Gasteiger partial charge on any atom is 0.223 e. The van der Waals surface area contributed by atoms with Gasteiger partial charge in [0.25, 0.3) is 0 Å². The number of amides is 1. The van der Waals surface area contributed by atoms with Crippen molar-refractivity contribution in [2.45, 2.75) is 45.3 Å². The van der Waals surface area contributed by atoms with Crippen LogP contribution in [0.1, 0.15) is 44.8 Å². The van der Waals surface area contributed by atoms with Crippen molar-refractivity contribution in [3.05, 3.63) is 22.4 Å². The summed E-state index contributed by atoms with van der Waals surface area (Å²) < 4.78 is 6.04. The maximum absolute atomic E-state index is 12.8. The lowest BCUT2D eigenvalue weighted by atomic mass is 9.84. The maximum atomic E-state index is 12.8. The van der Waals surface area contributed by atoms with Crippen molar-refractivity contribution < 1.29 is 9.53 Å². The van der Waals surface area contributed by atoms with Crippen LogP contribution in [-0.2, 0) is 9.53 Å². The van der Waals surface area contributed by atoms with Gasteiger partial charge >= 0.3 is 0 Å². The highest BCUT2D eigenvalue weighted by molar-refractivity contribution is 7.07. The van der Waals surface area contributed by atoms with Gasteiger partial charge in [-0.15, -0.1) is 12.4 Å². The zero-order chi connectivity index (χ0) is 16.2. The Morgan fingerprint density at radius 3 is 2.83 bits per heavy atom. The van der Waals surface area contributed by atoms with Crippen molar-refractivity contribution in [1.29, 1.82) is 0 Å². The van der Waals surface area contributed by atoms with Gasteiger partial charge in [-0.1, -0.05) is 6.92 Å². The third-order valence-electron chi connectivity index (χ3n) is 5.21. The molecule has 0 saturated carbocycles. The van der Waals surface area contributed by atoms with E-state index in [4.69, 9.17) is 4.74 Å². The molecule has 0 bridgehead atoms. The first-order valence-corrected chi connectivity index (χ1v) is 9.74. The molecule has 2 aliphatic rings. The molecule has 0 aliphatic carbocycles. The highest BCUT2D eigenvalue weighted by Crippen LogP contribution is 2.29. The van der Waals surface area contributed by atoms with Crippen LogP contribution in [0.5, 0.6) is 0 Å². The predicted octanol–water partition coefficient (Wildman–Crippen LogP) is 3.48. The molecule has 1 aromatic rings. The minimum Gasteiger partial charge on any atom is -0.367 e. The molecule has 1 amide bonds. The Kier molecular flexibility index (Phi) is 7.54. The lowest BCUT2D eigenvalue weighted by molar-refractivity contribution is -0.146. The van der Waals surface area contributed by atoms with Crippen LogP contribution in [0, 0.1) is 11.8 Å². The quantitative estimate of drug-likeness (QED) is 0.879. The SMILES string of the molecule is CC1CN(C(=O)CC(C)C2CCNCC2)CC(c2ccsc2)O1.Cl. The van der Waals surface area contributed by atoms with E-state index >= 15 is 0 Å². The van der Waals surface area contributed by atoms with E-state index in [1.165, 1.54) is 18.4 Å². The zero-order valence-electron chi connectivity index (χ0n) is 14.6. The van der Waals surface area contributed by atoms with Crippen molar-refractivity contribution >= 4 is 29.7 Å². The molecular formula is C18H29ClN2O2S. The normalized spacial score (nSPS) is 26.7. The number of morpholine rings is 1. The molecule has 1 aromatic heterocycles. The van der Waals surface area contributed by atoms with Crippen molar-refractivity contribution in [1.82, 2.24) is 10.2 Å². The van der Waals surface area contributed by atoms with Gasteiger partial charge in [-0.2, -0.15) is 11.3 Å². The molecule has 6 heteroatoms. The van der Waals surface area contributed by atoms with Gasteiger partial charge in [-0.3, -0.25) is 4.79 Å². The van der Waals surface area contributed by atoms with E-state index in [9.17, 15) is 4.79 Å². The van der Waals surface area contributed by atoms with Crippen LogP contribution < -0.4 is 5.32 Å². The topological polar surface area (TPSA) is 41.6 Å². The molecule has 136 valence electrons. The van der Waals surface area contributed by atoms with E-state index in [2.05, 4.69) is 36.0 Å². The van der Waals surface area contributed by atoms with Crippen LogP contribution in [0.15, 0.2) is 16.8 Å². The Labute approximate surface area is 155 Å². The van der Waals surface area contributed by atoms with Crippen molar-refractivity contribution in [3.63, 3.8) is 0 Å². The van der Waals surface area contributed by atoms with Crippen LogP contribution >= 0.6 is 23.7 Å². The molecule has 3 unspecified atom stereocenters. The molecule has 3 rings (SSSR count).